The second-order valence-corrected chi connectivity index (χ2v) is 8.63. The molecule has 17 heavy (non-hydrogen) atoms. The summed E-state index contributed by atoms with van der Waals surface area (Å²) in [6, 6.07) is 0. The van der Waals surface area contributed by atoms with Gasteiger partial charge in [-0.15, -0.1) is 0 Å². The van der Waals surface area contributed by atoms with Gasteiger partial charge in [-0.1, -0.05) is 27.7 Å². The van der Waals surface area contributed by atoms with Crippen molar-refractivity contribution in [2.24, 2.45) is 5.41 Å². The Hall–Kier alpha value is -0.413. The maximum Gasteiger partial charge on any atom is 0.172 e. The van der Waals surface area contributed by atoms with Crippen LogP contribution in [0.3, 0.4) is 0 Å². The highest BCUT2D eigenvalue weighted by Crippen LogP contribution is 2.49. The van der Waals surface area contributed by atoms with Crippen molar-refractivity contribution in [2.45, 2.75) is 66.2 Å². The topological polar surface area (TPSA) is 26.3 Å². The second kappa shape index (κ2) is 4.69. The summed E-state index contributed by atoms with van der Waals surface area (Å²) in [5, 5.41) is 0. The molecule has 0 N–H and O–H groups in total. The zero-order chi connectivity index (χ0) is 13.4. The molecule has 98 valence electrons. The summed E-state index contributed by atoms with van der Waals surface area (Å²) < 4.78 is 6.34. The van der Waals surface area contributed by atoms with Gasteiger partial charge < -0.3 is 4.43 Å². The first-order valence-electron chi connectivity index (χ1n) is 6.57. The van der Waals surface area contributed by atoms with Gasteiger partial charge in [-0.2, -0.15) is 0 Å². The minimum absolute atomic E-state index is 0.0269. The lowest BCUT2D eigenvalue weighted by atomic mass is 9.72. The third kappa shape index (κ3) is 2.41. The highest BCUT2D eigenvalue weighted by Gasteiger charge is 2.51. The van der Waals surface area contributed by atoms with E-state index in [-0.39, 0.29) is 16.8 Å². The molecule has 0 radical (unpaired) electrons. The Labute approximate surface area is 107 Å². The Morgan fingerprint density at radius 1 is 1.35 bits per heavy atom. The van der Waals surface area contributed by atoms with Crippen molar-refractivity contribution in [1.82, 2.24) is 0 Å². The zero-order valence-electron chi connectivity index (χ0n) is 12.3. The van der Waals surface area contributed by atoms with Gasteiger partial charge in [0.05, 0.1) is 5.60 Å². The number of ketones is 1. The molecule has 0 bridgehead atoms. The number of hydrogen-bond acceptors (Lipinski definition) is 2. The quantitative estimate of drug-likeness (QED) is 0.721. The van der Waals surface area contributed by atoms with E-state index in [2.05, 4.69) is 47.7 Å². The number of hydrogen-bond donors (Lipinski definition) is 0. The number of carbonyl (C=O) groups excluding carboxylic acids is 1. The molecule has 1 atom stereocenters. The Balaban J connectivity index is 3.29. The van der Waals surface area contributed by atoms with Crippen LogP contribution in [0.2, 0.25) is 13.1 Å². The normalized spacial score (nSPS) is 26.2. The SMILES string of the molecule is CCC1=C(C)C(O[SiH](C)C)(C(C)(C)C)CC1=O. The standard InChI is InChI=1S/C14H26O2Si/c1-8-11-10(2)14(9-12(11)15,13(3,4)5)16-17(6)7/h17H,8-9H2,1-7H3. The van der Waals surface area contributed by atoms with Crippen molar-refractivity contribution in [1.29, 1.82) is 0 Å². The van der Waals surface area contributed by atoms with E-state index in [1.54, 1.807) is 0 Å². The zero-order valence-corrected chi connectivity index (χ0v) is 13.5. The predicted molar refractivity (Wildman–Crippen MR) is 74.8 cm³/mol. The highest BCUT2D eigenvalue weighted by atomic mass is 28.3. The van der Waals surface area contributed by atoms with Gasteiger partial charge in [0.1, 0.15) is 0 Å². The second-order valence-electron chi connectivity index (χ2n) is 6.30. The van der Waals surface area contributed by atoms with Crippen LogP contribution in [-0.4, -0.2) is 20.4 Å². The third-order valence-electron chi connectivity index (χ3n) is 3.81. The first-order chi connectivity index (χ1) is 7.65. The lowest BCUT2D eigenvalue weighted by Crippen LogP contribution is -2.48. The van der Waals surface area contributed by atoms with E-state index in [0.29, 0.717) is 6.42 Å². The molecule has 0 fully saturated rings. The summed E-state index contributed by atoms with van der Waals surface area (Å²) in [7, 11) is -1.18. The number of carbonyl (C=O) groups is 1. The van der Waals surface area contributed by atoms with Gasteiger partial charge in [-0.3, -0.25) is 4.79 Å². The van der Waals surface area contributed by atoms with Crippen LogP contribution in [0.5, 0.6) is 0 Å². The van der Waals surface area contributed by atoms with Gasteiger partial charge >= 0.3 is 0 Å². The largest absolute Gasteiger partial charge is 0.410 e. The molecule has 1 aliphatic carbocycles. The van der Waals surface area contributed by atoms with E-state index < -0.39 is 9.04 Å². The van der Waals surface area contributed by atoms with Crippen LogP contribution < -0.4 is 0 Å². The van der Waals surface area contributed by atoms with Gasteiger partial charge in [0, 0.05) is 6.42 Å². The fourth-order valence-corrected chi connectivity index (χ4v) is 4.34. The Morgan fingerprint density at radius 3 is 2.18 bits per heavy atom. The molecule has 1 unspecified atom stereocenters. The van der Waals surface area contributed by atoms with E-state index in [0.717, 1.165) is 12.0 Å². The van der Waals surface area contributed by atoms with Crippen LogP contribution in [0.4, 0.5) is 0 Å². The number of Topliss-reactive ketones (excluding diaryl/α,β-unsaturated/α-hetero) is 1. The van der Waals surface area contributed by atoms with E-state index >= 15 is 0 Å². The van der Waals surface area contributed by atoms with Crippen molar-refractivity contribution in [2.75, 3.05) is 0 Å². The van der Waals surface area contributed by atoms with Crippen LogP contribution in [0.1, 0.15) is 47.5 Å². The molecule has 0 saturated carbocycles. The lowest BCUT2D eigenvalue weighted by molar-refractivity contribution is -0.119. The first-order valence-corrected chi connectivity index (χ1v) is 9.35. The van der Waals surface area contributed by atoms with E-state index in [1.165, 1.54) is 5.57 Å². The molecule has 0 amide bonds. The molecular formula is C14H26O2Si. The van der Waals surface area contributed by atoms with E-state index in [1.807, 2.05) is 0 Å². The van der Waals surface area contributed by atoms with Gasteiger partial charge in [0.2, 0.25) is 0 Å². The van der Waals surface area contributed by atoms with Crippen LogP contribution in [0, 0.1) is 5.41 Å². The molecule has 0 aromatic carbocycles. The smallest absolute Gasteiger partial charge is 0.172 e. The summed E-state index contributed by atoms with van der Waals surface area (Å²) in [6.07, 6.45) is 1.36. The van der Waals surface area contributed by atoms with Crippen molar-refractivity contribution in [3.8, 4) is 0 Å². The summed E-state index contributed by atoms with van der Waals surface area (Å²) >= 11 is 0. The molecule has 0 aromatic heterocycles. The highest BCUT2D eigenvalue weighted by molar-refractivity contribution is 6.48. The monoisotopic (exact) mass is 254 g/mol. The summed E-state index contributed by atoms with van der Waals surface area (Å²) in [4.78, 5) is 12.1. The van der Waals surface area contributed by atoms with Crippen molar-refractivity contribution in [3.63, 3.8) is 0 Å². The van der Waals surface area contributed by atoms with Crippen molar-refractivity contribution < 1.29 is 9.22 Å². The number of rotatable bonds is 3. The van der Waals surface area contributed by atoms with Crippen LogP contribution >= 0.6 is 0 Å². The maximum absolute atomic E-state index is 12.1. The van der Waals surface area contributed by atoms with Gasteiger partial charge in [0.15, 0.2) is 14.8 Å². The van der Waals surface area contributed by atoms with E-state index in [9.17, 15) is 4.79 Å². The minimum Gasteiger partial charge on any atom is -0.410 e. The third-order valence-corrected chi connectivity index (χ3v) is 4.68. The molecule has 1 aliphatic rings. The Bertz CT molecular complexity index is 350. The fourth-order valence-electron chi connectivity index (χ4n) is 2.92. The molecule has 1 rings (SSSR count). The lowest BCUT2D eigenvalue weighted by Gasteiger charge is -2.44. The van der Waals surface area contributed by atoms with E-state index in [4.69, 9.17) is 4.43 Å². The molecule has 3 heteroatoms. The summed E-state index contributed by atoms with van der Waals surface area (Å²) in [6.45, 7) is 15.0. The molecule has 0 spiro atoms. The molecule has 0 saturated heterocycles. The average Bonchev–Trinajstić information content (AvgIpc) is 2.37. The fraction of sp³-hybridized carbons (Fsp3) is 0.786. The molecule has 2 nitrogen and oxygen atoms in total. The van der Waals surface area contributed by atoms with Gasteiger partial charge in [-0.05, 0) is 43.0 Å². The average molecular weight is 254 g/mol. The number of allylic oxidation sites excluding steroid dienone is 1. The summed E-state index contributed by atoms with van der Waals surface area (Å²) in [5.41, 5.74) is 1.80. The van der Waals surface area contributed by atoms with Crippen LogP contribution in [-0.2, 0) is 9.22 Å². The van der Waals surface area contributed by atoms with Gasteiger partial charge in [-0.25, -0.2) is 0 Å². The van der Waals surface area contributed by atoms with Crippen molar-refractivity contribution in [3.05, 3.63) is 11.1 Å². The van der Waals surface area contributed by atoms with Crippen LogP contribution in [0.15, 0.2) is 11.1 Å². The summed E-state index contributed by atoms with van der Waals surface area (Å²) in [5.74, 6) is 0.287. The minimum atomic E-state index is -1.18. The maximum atomic E-state index is 12.1. The Morgan fingerprint density at radius 2 is 1.88 bits per heavy atom. The van der Waals surface area contributed by atoms with Crippen molar-refractivity contribution >= 4 is 14.8 Å². The molecule has 0 heterocycles. The first kappa shape index (κ1) is 14.6. The van der Waals surface area contributed by atoms with Crippen LogP contribution in [0.25, 0.3) is 0 Å². The molecule has 0 aliphatic heterocycles. The Kier molecular flexibility index (Phi) is 4.04. The van der Waals surface area contributed by atoms with Gasteiger partial charge in [0.25, 0.3) is 0 Å². The molecule has 0 aromatic rings. The molecular weight excluding hydrogens is 228 g/mol. The predicted octanol–water partition coefficient (Wildman–Crippen LogP) is 3.47.